The second-order valence-electron chi connectivity index (χ2n) is 5.03. The van der Waals surface area contributed by atoms with Gasteiger partial charge in [0.2, 0.25) is 0 Å². The number of rotatable bonds is 2. The summed E-state index contributed by atoms with van der Waals surface area (Å²) in [5, 5.41) is 0. The molecule has 0 aliphatic carbocycles. The van der Waals surface area contributed by atoms with Gasteiger partial charge in [-0.25, -0.2) is 0 Å². The molecule has 0 N–H and O–H groups in total. The zero-order valence-corrected chi connectivity index (χ0v) is 11.1. The molecule has 1 aliphatic heterocycles. The first-order valence-electron chi connectivity index (χ1n) is 6.49. The molecule has 92 valence electrons. The van der Waals surface area contributed by atoms with Crippen LogP contribution in [0.15, 0.2) is 29.3 Å². The summed E-state index contributed by atoms with van der Waals surface area (Å²) in [7, 11) is 2.21. The van der Waals surface area contributed by atoms with Crippen molar-refractivity contribution in [3.63, 3.8) is 0 Å². The van der Waals surface area contributed by atoms with E-state index in [-0.39, 0.29) is 0 Å². The molecule has 2 nitrogen and oxygen atoms in total. The van der Waals surface area contributed by atoms with Gasteiger partial charge in [0.15, 0.2) is 0 Å². The summed E-state index contributed by atoms with van der Waals surface area (Å²) >= 11 is 0. The van der Waals surface area contributed by atoms with E-state index in [1.54, 1.807) is 0 Å². The highest BCUT2D eigenvalue weighted by molar-refractivity contribution is 5.89. The van der Waals surface area contributed by atoms with Gasteiger partial charge in [0.25, 0.3) is 0 Å². The minimum Gasteiger partial charge on any atom is -0.298 e. The summed E-state index contributed by atoms with van der Waals surface area (Å²) in [6, 6.07) is 8.88. The zero-order valence-electron chi connectivity index (χ0n) is 11.1. The van der Waals surface area contributed by atoms with Crippen molar-refractivity contribution in [2.45, 2.75) is 39.2 Å². The lowest BCUT2D eigenvalue weighted by molar-refractivity contribution is 0.235. The van der Waals surface area contributed by atoms with Gasteiger partial charge in [0, 0.05) is 11.8 Å². The Kier molecular flexibility index (Phi) is 3.95. The molecular formula is C15H22N2. The van der Waals surface area contributed by atoms with Gasteiger partial charge in [-0.3, -0.25) is 9.89 Å². The molecule has 2 rings (SSSR count). The van der Waals surface area contributed by atoms with Crippen LogP contribution >= 0.6 is 0 Å². The first-order chi connectivity index (χ1) is 8.18. The van der Waals surface area contributed by atoms with Crippen molar-refractivity contribution in [3.05, 3.63) is 29.8 Å². The lowest BCUT2D eigenvalue weighted by Gasteiger charge is -2.32. The van der Waals surface area contributed by atoms with Crippen molar-refractivity contribution >= 4 is 11.4 Å². The smallest absolute Gasteiger partial charge is 0.0658 e. The molecule has 1 aromatic carbocycles. The molecule has 0 bridgehead atoms. The lowest BCUT2D eigenvalue weighted by Crippen LogP contribution is -2.40. The summed E-state index contributed by atoms with van der Waals surface area (Å²) in [5.74, 6) is 0. The Morgan fingerprint density at radius 1 is 1.29 bits per heavy atom. The van der Waals surface area contributed by atoms with E-state index >= 15 is 0 Å². The topological polar surface area (TPSA) is 15.6 Å². The average Bonchev–Trinajstić information content (AvgIpc) is 2.32. The normalized spacial score (nSPS) is 22.8. The van der Waals surface area contributed by atoms with Crippen LogP contribution in [0.1, 0.15) is 31.7 Å². The summed E-state index contributed by atoms with van der Waals surface area (Å²) in [6.45, 7) is 5.49. The van der Waals surface area contributed by atoms with Crippen molar-refractivity contribution < 1.29 is 0 Å². The Bertz CT molecular complexity index is 409. The fourth-order valence-electron chi connectivity index (χ4n) is 2.56. The van der Waals surface area contributed by atoms with Crippen LogP contribution in [0.25, 0.3) is 0 Å². The molecule has 17 heavy (non-hydrogen) atoms. The Morgan fingerprint density at radius 2 is 2.06 bits per heavy atom. The molecule has 0 spiro atoms. The molecule has 1 aromatic rings. The number of likely N-dealkylation sites (tertiary alicyclic amines) is 1. The van der Waals surface area contributed by atoms with Gasteiger partial charge in [-0.1, -0.05) is 24.6 Å². The van der Waals surface area contributed by atoms with Gasteiger partial charge in [0.05, 0.1) is 5.69 Å². The molecule has 1 fully saturated rings. The second kappa shape index (κ2) is 5.46. The zero-order chi connectivity index (χ0) is 12.3. The Morgan fingerprint density at radius 3 is 2.76 bits per heavy atom. The highest BCUT2D eigenvalue weighted by Crippen LogP contribution is 2.21. The Labute approximate surface area is 104 Å². The van der Waals surface area contributed by atoms with Gasteiger partial charge in [-0.15, -0.1) is 0 Å². The number of aliphatic imine (C=N–C) groups is 1. The third-order valence-corrected chi connectivity index (χ3v) is 3.66. The van der Waals surface area contributed by atoms with Gasteiger partial charge < -0.3 is 0 Å². The number of piperidine rings is 1. The van der Waals surface area contributed by atoms with E-state index in [0.717, 1.165) is 5.69 Å². The summed E-state index contributed by atoms with van der Waals surface area (Å²) in [5.41, 5.74) is 3.62. The first kappa shape index (κ1) is 12.3. The third kappa shape index (κ3) is 2.95. The van der Waals surface area contributed by atoms with Crippen LogP contribution in [0.3, 0.4) is 0 Å². The van der Waals surface area contributed by atoms with Crippen LogP contribution in [0.2, 0.25) is 0 Å². The van der Waals surface area contributed by atoms with Gasteiger partial charge in [-0.05, 0) is 51.9 Å². The molecule has 0 amide bonds. The summed E-state index contributed by atoms with van der Waals surface area (Å²) in [4.78, 5) is 7.24. The van der Waals surface area contributed by atoms with Crippen LogP contribution in [0.5, 0.6) is 0 Å². The van der Waals surface area contributed by atoms with Crippen molar-refractivity contribution in [1.82, 2.24) is 4.90 Å². The molecule has 1 atom stereocenters. The predicted octanol–water partition coefficient (Wildman–Crippen LogP) is 3.57. The molecule has 0 aromatic heterocycles. The van der Waals surface area contributed by atoms with E-state index in [1.807, 2.05) is 0 Å². The number of aryl methyl sites for hydroxylation is 1. The molecule has 1 unspecified atom stereocenters. The molecule has 0 radical (unpaired) electrons. The van der Waals surface area contributed by atoms with Crippen molar-refractivity contribution in [2.75, 3.05) is 13.6 Å². The van der Waals surface area contributed by atoms with E-state index in [4.69, 9.17) is 4.99 Å². The van der Waals surface area contributed by atoms with E-state index in [0.29, 0.717) is 6.04 Å². The first-order valence-corrected chi connectivity index (χ1v) is 6.49. The van der Waals surface area contributed by atoms with E-state index in [9.17, 15) is 0 Å². The van der Waals surface area contributed by atoms with Gasteiger partial charge >= 0.3 is 0 Å². The molecule has 1 aliphatic rings. The van der Waals surface area contributed by atoms with E-state index in [1.165, 1.54) is 37.1 Å². The van der Waals surface area contributed by atoms with Crippen molar-refractivity contribution in [1.29, 1.82) is 0 Å². The van der Waals surface area contributed by atoms with Crippen LogP contribution in [-0.2, 0) is 0 Å². The Hall–Kier alpha value is -1.15. The molecular weight excluding hydrogens is 208 g/mol. The minimum absolute atomic E-state index is 0.531. The van der Waals surface area contributed by atoms with Crippen molar-refractivity contribution in [2.24, 2.45) is 4.99 Å². The number of hydrogen-bond acceptors (Lipinski definition) is 2. The summed E-state index contributed by atoms with van der Waals surface area (Å²) < 4.78 is 0. The SMILES string of the molecule is C/C(=N\c1ccccc1C)C1CCCCN1C. The predicted molar refractivity (Wildman–Crippen MR) is 74.2 cm³/mol. The molecule has 1 saturated heterocycles. The second-order valence-corrected chi connectivity index (χ2v) is 5.03. The van der Waals surface area contributed by atoms with Crippen LogP contribution < -0.4 is 0 Å². The van der Waals surface area contributed by atoms with Crippen LogP contribution in [-0.4, -0.2) is 30.2 Å². The number of nitrogens with zero attached hydrogens (tertiary/aromatic N) is 2. The maximum Gasteiger partial charge on any atom is 0.0658 e. The van der Waals surface area contributed by atoms with E-state index in [2.05, 4.69) is 50.1 Å². The quantitative estimate of drug-likeness (QED) is 0.709. The maximum absolute atomic E-state index is 4.81. The Balaban J connectivity index is 2.18. The molecule has 1 heterocycles. The highest BCUT2D eigenvalue weighted by Gasteiger charge is 2.21. The van der Waals surface area contributed by atoms with Gasteiger partial charge in [-0.2, -0.15) is 0 Å². The van der Waals surface area contributed by atoms with Gasteiger partial charge in [0.1, 0.15) is 0 Å². The minimum atomic E-state index is 0.531. The summed E-state index contributed by atoms with van der Waals surface area (Å²) in [6.07, 6.45) is 3.90. The lowest BCUT2D eigenvalue weighted by atomic mass is 9.99. The molecule has 2 heteroatoms. The fraction of sp³-hybridized carbons (Fsp3) is 0.533. The third-order valence-electron chi connectivity index (χ3n) is 3.66. The number of hydrogen-bond donors (Lipinski definition) is 0. The van der Waals surface area contributed by atoms with Crippen LogP contribution in [0.4, 0.5) is 5.69 Å². The number of benzene rings is 1. The van der Waals surface area contributed by atoms with Crippen molar-refractivity contribution in [3.8, 4) is 0 Å². The highest BCUT2D eigenvalue weighted by atomic mass is 15.1. The largest absolute Gasteiger partial charge is 0.298 e. The number of para-hydroxylation sites is 1. The average molecular weight is 230 g/mol. The molecule has 0 saturated carbocycles. The van der Waals surface area contributed by atoms with E-state index < -0.39 is 0 Å². The fourth-order valence-corrected chi connectivity index (χ4v) is 2.56. The maximum atomic E-state index is 4.81. The monoisotopic (exact) mass is 230 g/mol. The standard InChI is InChI=1S/C15H22N2/c1-12-8-4-5-9-14(12)16-13(2)15-10-6-7-11-17(15)3/h4-5,8-9,15H,6-7,10-11H2,1-3H3/b16-13+. The van der Waals surface area contributed by atoms with Crippen LogP contribution in [0, 0.1) is 6.92 Å².